The molecule has 0 aliphatic carbocycles. The third-order valence-corrected chi connectivity index (χ3v) is 6.24. The van der Waals surface area contributed by atoms with E-state index < -0.39 is 33.5 Å². The smallest absolute Gasteiger partial charge is 0.419 e. The summed E-state index contributed by atoms with van der Waals surface area (Å²) in [6.07, 6.45) is -4.62. The first kappa shape index (κ1) is 22.7. The standard InChI is InChI=1S/C19H19F4NO4S/c1-4-7-24(13-5-6-16(17(20)9-13)19(21,22)23)29(27,28)14-8-11(2)12(3)15(10-14)18(25)26/h5-6,8-10H,4,7H2,1-3H3,(H,25,26). The molecule has 0 saturated heterocycles. The second-order valence-electron chi connectivity index (χ2n) is 6.46. The molecule has 0 spiro atoms. The number of benzene rings is 2. The maximum Gasteiger partial charge on any atom is 0.419 e. The molecule has 0 amide bonds. The van der Waals surface area contributed by atoms with Crippen molar-refractivity contribution in [3.05, 3.63) is 58.4 Å². The summed E-state index contributed by atoms with van der Waals surface area (Å²) in [5, 5.41) is 9.32. The highest BCUT2D eigenvalue weighted by Crippen LogP contribution is 2.34. The molecule has 2 rings (SSSR count). The van der Waals surface area contributed by atoms with E-state index in [0.29, 0.717) is 29.7 Å². The quantitative estimate of drug-likeness (QED) is 0.667. The lowest BCUT2D eigenvalue weighted by Crippen LogP contribution is -2.32. The first-order valence-electron chi connectivity index (χ1n) is 8.54. The van der Waals surface area contributed by atoms with Crippen LogP contribution in [0, 0.1) is 19.7 Å². The number of anilines is 1. The van der Waals surface area contributed by atoms with Gasteiger partial charge in [-0.1, -0.05) is 6.92 Å². The summed E-state index contributed by atoms with van der Waals surface area (Å²) in [6.45, 7) is 4.58. The lowest BCUT2D eigenvalue weighted by molar-refractivity contribution is -0.139. The highest BCUT2D eigenvalue weighted by Gasteiger charge is 2.35. The SMILES string of the molecule is CCCN(c1ccc(C(F)(F)F)c(F)c1)S(=O)(=O)c1cc(C)c(C)c(C(=O)O)c1. The zero-order chi connectivity index (χ0) is 22.1. The summed E-state index contributed by atoms with van der Waals surface area (Å²) in [7, 11) is -4.35. The summed E-state index contributed by atoms with van der Waals surface area (Å²) in [5.41, 5.74) is -1.20. The largest absolute Gasteiger partial charge is 0.478 e. The Hall–Kier alpha value is -2.62. The van der Waals surface area contributed by atoms with Gasteiger partial charge in [0.25, 0.3) is 10.0 Å². The minimum absolute atomic E-state index is 0.136. The van der Waals surface area contributed by atoms with Crippen molar-refractivity contribution in [2.45, 2.75) is 38.3 Å². The molecule has 10 heteroatoms. The van der Waals surface area contributed by atoms with Gasteiger partial charge in [0.15, 0.2) is 0 Å². The number of nitrogens with zero attached hydrogens (tertiary/aromatic N) is 1. The molecule has 0 bridgehead atoms. The van der Waals surface area contributed by atoms with Crippen LogP contribution in [0.15, 0.2) is 35.2 Å². The molecule has 0 unspecified atom stereocenters. The van der Waals surface area contributed by atoms with Crippen molar-refractivity contribution in [2.75, 3.05) is 10.8 Å². The second kappa shape index (κ2) is 8.02. The number of sulfonamides is 1. The van der Waals surface area contributed by atoms with Gasteiger partial charge in [0, 0.05) is 6.54 Å². The number of carboxylic acid groups (broad SMARTS) is 1. The zero-order valence-corrected chi connectivity index (χ0v) is 16.7. The van der Waals surface area contributed by atoms with Crippen LogP contribution in [0.4, 0.5) is 23.2 Å². The summed E-state index contributed by atoms with van der Waals surface area (Å²) >= 11 is 0. The van der Waals surface area contributed by atoms with Gasteiger partial charge in [-0.3, -0.25) is 4.31 Å². The van der Waals surface area contributed by atoms with E-state index in [0.717, 1.165) is 16.4 Å². The van der Waals surface area contributed by atoms with Crippen molar-refractivity contribution < 1.29 is 35.9 Å². The first-order chi connectivity index (χ1) is 13.3. The molecule has 0 fully saturated rings. The second-order valence-corrected chi connectivity index (χ2v) is 8.32. The summed E-state index contributed by atoms with van der Waals surface area (Å²) in [6, 6.07) is 4.13. The first-order valence-corrected chi connectivity index (χ1v) is 9.98. The van der Waals surface area contributed by atoms with Crippen LogP contribution in [0.5, 0.6) is 0 Å². The number of rotatable bonds is 6. The Morgan fingerprint density at radius 1 is 1.14 bits per heavy atom. The van der Waals surface area contributed by atoms with Gasteiger partial charge >= 0.3 is 12.1 Å². The molecular formula is C19H19F4NO4S. The average Bonchev–Trinajstić information content (AvgIpc) is 2.60. The number of hydrogen-bond donors (Lipinski definition) is 1. The molecule has 0 aliphatic rings. The van der Waals surface area contributed by atoms with Crippen LogP contribution in [-0.4, -0.2) is 26.0 Å². The summed E-state index contributed by atoms with van der Waals surface area (Å²) in [4.78, 5) is 11.1. The van der Waals surface area contributed by atoms with Crippen LogP contribution in [0.3, 0.4) is 0 Å². The fourth-order valence-corrected chi connectivity index (χ4v) is 4.47. The van der Waals surface area contributed by atoms with Crippen molar-refractivity contribution in [3.8, 4) is 0 Å². The van der Waals surface area contributed by atoms with E-state index in [1.807, 2.05) is 0 Å². The topological polar surface area (TPSA) is 74.7 Å². The normalized spacial score (nSPS) is 12.1. The van der Waals surface area contributed by atoms with E-state index in [1.54, 1.807) is 13.8 Å². The Morgan fingerprint density at radius 3 is 2.24 bits per heavy atom. The molecule has 0 saturated carbocycles. The van der Waals surface area contributed by atoms with Gasteiger partial charge in [0.2, 0.25) is 0 Å². The molecule has 0 aromatic heterocycles. The summed E-state index contributed by atoms with van der Waals surface area (Å²) in [5.74, 6) is -2.91. The molecule has 0 heterocycles. The number of carbonyl (C=O) groups is 1. The monoisotopic (exact) mass is 433 g/mol. The minimum atomic E-state index is -4.92. The highest BCUT2D eigenvalue weighted by atomic mass is 32.2. The molecule has 0 radical (unpaired) electrons. The van der Waals surface area contributed by atoms with Gasteiger partial charge in [-0.2, -0.15) is 13.2 Å². The van der Waals surface area contributed by atoms with Crippen molar-refractivity contribution in [1.29, 1.82) is 0 Å². The van der Waals surface area contributed by atoms with E-state index in [1.165, 1.54) is 13.0 Å². The van der Waals surface area contributed by atoms with Crippen LogP contribution >= 0.6 is 0 Å². The maximum atomic E-state index is 14.0. The van der Waals surface area contributed by atoms with Crippen LogP contribution in [-0.2, 0) is 16.2 Å². The van der Waals surface area contributed by atoms with Crippen molar-refractivity contribution in [3.63, 3.8) is 0 Å². The third kappa shape index (κ3) is 4.52. The van der Waals surface area contributed by atoms with Crippen molar-refractivity contribution in [2.24, 2.45) is 0 Å². The highest BCUT2D eigenvalue weighted by molar-refractivity contribution is 7.92. The van der Waals surface area contributed by atoms with Gasteiger partial charge in [0.05, 0.1) is 21.7 Å². The van der Waals surface area contributed by atoms with Crippen LogP contribution in [0.25, 0.3) is 0 Å². The predicted octanol–water partition coefficient (Wildman–Crippen LogP) is 4.76. The Morgan fingerprint density at radius 2 is 1.76 bits per heavy atom. The number of aromatic carboxylic acids is 1. The molecule has 5 nitrogen and oxygen atoms in total. The fraction of sp³-hybridized carbons (Fsp3) is 0.316. The maximum absolute atomic E-state index is 14.0. The van der Waals surface area contributed by atoms with Gasteiger partial charge in [-0.15, -0.1) is 0 Å². The van der Waals surface area contributed by atoms with Gasteiger partial charge in [0.1, 0.15) is 5.82 Å². The fourth-order valence-electron chi connectivity index (χ4n) is 2.80. The van der Waals surface area contributed by atoms with Gasteiger partial charge in [-0.25, -0.2) is 17.6 Å². The van der Waals surface area contributed by atoms with E-state index >= 15 is 0 Å². The molecule has 0 aliphatic heterocycles. The number of alkyl halides is 3. The molecule has 0 atom stereocenters. The molecule has 1 N–H and O–H groups in total. The van der Waals surface area contributed by atoms with Gasteiger partial charge < -0.3 is 5.11 Å². The number of halogens is 4. The molecular weight excluding hydrogens is 414 g/mol. The number of carboxylic acids is 1. The third-order valence-electron chi connectivity index (χ3n) is 4.43. The lowest BCUT2D eigenvalue weighted by Gasteiger charge is -2.25. The Labute approximate surface area is 165 Å². The minimum Gasteiger partial charge on any atom is -0.478 e. The Bertz CT molecular complexity index is 1050. The van der Waals surface area contributed by atoms with Crippen molar-refractivity contribution in [1.82, 2.24) is 0 Å². The average molecular weight is 433 g/mol. The van der Waals surface area contributed by atoms with E-state index in [-0.39, 0.29) is 22.7 Å². The van der Waals surface area contributed by atoms with Crippen molar-refractivity contribution >= 4 is 21.7 Å². The number of aryl methyl sites for hydroxylation is 1. The molecule has 2 aromatic carbocycles. The predicted molar refractivity (Wildman–Crippen MR) is 99.1 cm³/mol. The lowest BCUT2D eigenvalue weighted by atomic mass is 10.0. The molecule has 29 heavy (non-hydrogen) atoms. The molecule has 158 valence electrons. The number of hydrogen-bond acceptors (Lipinski definition) is 3. The molecule has 2 aromatic rings. The van der Waals surface area contributed by atoms with Crippen LogP contribution in [0.1, 0.15) is 40.4 Å². The Kier molecular flexibility index (Phi) is 6.27. The summed E-state index contributed by atoms with van der Waals surface area (Å²) < 4.78 is 79.5. The van der Waals surface area contributed by atoms with E-state index in [4.69, 9.17) is 0 Å². The zero-order valence-electron chi connectivity index (χ0n) is 15.8. The van der Waals surface area contributed by atoms with Crippen LogP contribution < -0.4 is 4.31 Å². The van der Waals surface area contributed by atoms with E-state index in [2.05, 4.69) is 0 Å². The van der Waals surface area contributed by atoms with Crippen LogP contribution in [0.2, 0.25) is 0 Å². The van der Waals surface area contributed by atoms with E-state index in [9.17, 15) is 35.9 Å². The Balaban J connectivity index is 2.64. The van der Waals surface area contributed by atoms with Gasteiger partial charge in [-0.05, 0) is 61.7 Å².